The monoisotopic (exact) mass is 540 g/mol. The van der Waals surface area contributed by atoms with Gasteiger partial charge in [-0.3, -0.25) is 0 Å². The number of guanidine groups is 1. The number of halogens is 1. The largest absolute Gasteiger partial charge is 0.378 e. The van der Waals surface area contributed by atoms with Crippen molar-refractivity contribution >= 4 is 29.9 Å². The fourth-order valence-corrected chi connectivity index (χ4v) is 3.62. The summed E-state index contributed by atoms with van der Waals surface area (Å²) in [4.78, 5) is 4.83. The summed E-state index contributed by atoms with van der Waals surface area (Å²) in [6, 6.07) is 10.6. The summed E-state index contributed by atoms with van der Waals surface area (Å²) < 4.78 is 8.09. The molecule has 0 bridgehead atoms. The van der Waals surface area contributed by atoms with Crippen molar-refractivity contribution in [3.63, 3.8) is 0 Å². The Morgan fingerprint density at radius 2 is 2.00 bits per heavy atom. The van der Waals surface area contributed by atoms with Crippen molar-refractivity contribution in [1.29, 1.82) is 0 Å². The smallest absolute Gasteiger partial charge is 0.192 e. The first-order valence-corrected chi connectivity index (χ1v) is 11.0. The van der Waals surface area contributed by atoms with Gasteiger partial charge < -0.3 is 19.9 Å². The molecule has 2 N–H and O–H groups in total. The lowest BCUT2D eigenvalue weighted by molar-refractivity contribution is -0.113. The first kappa shape index (κ1) is 25.6. The van der Waals surface area contributed by atoms with Gasteiger partial charge in [-0.1, -0.05) is 57.5 Å². The average molecular weight is 540 g/mol. The molecule has 1 aliphatic rings. The maximum Gasteiger partial charge on any atom is 0.192 e. The predicted octanol–water partition coefficient (Wildman–Crippen LogP) is 3.96. The van der Waals surface area contributed by atoms with Crippen molar-refractivity contribution in [2.75, 3.05) is 6.61 Å². The number of ether oxygens (including phenoxy) is 1. The van der Waals surface area contributed by atoms with Gasteiger partial charge in [0.1, 0.15) is 5.82 Å². The fraction of sp³-hybridized carbons (Fsp3) is 0.609. The van der Waals surface area contributed by atoms with Crippen molar-refractivity contribution in [2.45, 2.75) is 72.2 Å². The summed E-state index contributed by atoms with van der Waals surface area (Å²) in [5.74, 6) is 2.58. The number of hydrogen-bond donors (Lipinski definition) is 2. The minimum atomic E-state index is 0. The van der Waals surface area contributed by atoms with E-state index in [0.29, 0.717) is 25.2 Å². The molecule has 3 rings (SSSR count). The number of aromatic nitrogens is 3. The van der Waals surface area contributed by atoms with Crippen LogP contribution in [0.3, 0.4) is 0 Å². The molecule has 2 aromatic rings. The van der Waals surface area contributed by atoms with E-state index in [9.17, 15) is 0 Å². The lowest BCUT2D eigenvalue weighted by atomic mass is 9.64. The minimum absolute atomic E-state index is 0. The lowest BCUT2D eigenvalue weighted by Gasteiger charge is -2.52. The second-order valence-corrected chi connectivity index (χ2v) is 8.69. The Bertz CT molecular complexity index is 836. The number of benzene rings is 1. The Hall–Kier alpha value is -1.68. The van der Waals surface area contributed by atoms with Gasteiger partial charge in [-0.05, 0) is 25.3 Å². The van der Waals surface area contributed by atoms with Crippen LogP contribution < -0.4 is 10.6 Å². The molecule has 1 aromatic heterocycles. The van der Waals surface area contributed by atoms with Crippen LogP contribution in [0.2, 0.25) is 0 Å². The summed E-state index contributed by atoms with van der Waals surface area (Å²) in [6.07, 6.45) is 3.56. The number of nitrogens with one attached hydrogen (secondary N) is 2. The molecule has 1 fully saturated rings. The standard InChI is InChI=1S/C23H36N6O.HI/c1-6-7-13-30-20-14-19(23(20,3)4)26-22(24-15-18-11-9-8-10-12-18)25-16-21-28-27-17(2)29(21)5;/h8-12,19-20H,6-7,13-16H2,1-5H3,(H2,24,25,26);1H. The van der Waals surface area contributed by atoms with E-state index in [-0.39, 0.29) is 29.4 Å². The fourth-order valence-electron chi connectivity index (χ4n) is 3.62. The van der Waals surface area contributed by atoms with E-state index in [2.05, 4.69) is 53.7 Å². The molecule has 8 heteroatoms. The zero-order valence-electron chi connectivity index (χ0n) is 19.4. The molecule has 2 atom stereocenters. The molecule has 0 spiro atoms. The molecule has 172 valence electrons. The first-order chi connectivity index (χ1) is 14.4. The van der Waals surface area contributed by atoms with Crippen LogP contribution in [-0.4, -0.2) is 39.5 Å². The highest BCUT2D eigenvalue weighted by Crippen LogP contribution is 2.42. The lowest BCUT2D eigenvalue weighted by Crippen LogP contribution is -2.63. The van der Waals surface area contributed by atoms with Crippen molar-refractivity contribution in [3.8, 4) is 0 Å². The van der Waals surface area contributed by atoms with Crippen LogP contribution in [0, 0.1) is 12.3 Å². The van der Waals surface area contributed by atoms with Crippen LogP contribution in [0.4, 0.5) is 0 Å². The number of hydrogen-bond acceptors (Lipinski definition) is 4. The minimum Gasteiger partial charge on any atom is -0.378 e. The zero-order valence-corrected chi connectivity index (χ0v) is 21.7. The molecule has 2 unspecified atom stereocenters. The van der Waals surface area contributed by atoms with Crippen LogP contribution in [0.1, 0.15) is 57.2 Å². The molecular formula is C23H37IN6O. The van der Waals surface area contributed by atoms with Gasteiger partial charge in [-0.15, -0.1) is 34.2 Å². The Kier molecular flexibility index (Phi) is 9.74. The summed E-state index contributed by atoms with van der Waals surface area (Å²) in [5.41, 5.74) is 1.24. The molecule has 0 radical (unpaired) electrons. The highest BCUT2D eigenvalue weighted by Gasteiger charge is 2.49. The van der Waals surface area contributed by atoms with E-state index < -0.39 is 0 Å². The summed E-state index contributed by atoms with van der Waals surface area (Å²) in [6.45, 7) is 10.7. The molecule has 0 saturated heterocycles. The van der Waals surface area contributed by atoms with Crippen molar-refractivity contribution in [3.05, 3.63) is 47.5 Å². The zero-order chi connectivity index (χ0) is 21.6. The van der Waals surface area contributed by atoms with E-state index in [1.54, 1.807) is 0 Å². The van der Waals surface area contributed by atoms with Gasteiger partial charge in [0.25, 0.3) is 0 Å². The number of aliphatic imine (C=N–C) groups is 1. The number of nitrogens with zero attached hydrogens (tertiary/aromatic N) is 4. The Labute approximate surface area is 203 Å². The summed E-state index contributed by atoms with van der Waals surface area (Å²) in [5, 5.41) is 15.5. The first-order valence-electron chi connectivity index (χ1n) is 11.0. The van der Waals surface area contributed by atoms with E-state index in [4.69, 9.17) is 9.73 Å². The van der Waals surface area contributed by atoms with Gasteiger partial charge in [-0.2, -0.15) is 0 Å². The SMILES string of the molecule is CCCCOC1CC(NC(=NCc2ccccc2)NCc2nnc(C)n2C)C1(C)C.I. The molecular weight excluding hydrogens is 503 g/mol. The van der Waals surface area contributed by atoms with Gasteiger partial charge in [0.15, 0.2) is 11.8 Å². The van der Waals surface area contributed by atoms with E-state index in [1.165, 1.54) is 5.56 Å². The van der Waals surface area contributed by atoms with Crippen molar-refractivity contribution in [2.24, 2.45) is 17.5 Å². The highest BCUT2D eigenvalue weighted by atomic mass is 127. The van der Waals surface area contributed by atoms with Crippen LogP contribution in [0.25, 0.3) is 0 Å². The van der Waals surface area contributed by atoms with Crippen molar-refractivity contribution in [1.82, 2.24) is 25.4 Å². The van der Waals surface area contributed by atoms with Crippen molar-refractivity contribution < 1.29 is 4.74 Å². The van der Waals surface area contributed by atoms with Crippen LogP contribution in [0.15, 0.2) is 35.3 Å². The summed E-state index contributed by atoms with van der Waals surface area (Å²) in [7, 11) is 1.98. The van der Waals surface area contributed by atoms with Crippen LogP contribution in [0.5, 0.6) is 0 Å². The molecule has 1 heterocycles. The van der Waals surface area contributed by atoms with Gasteiger partial charge in [0, 0.05) is 25.1 Å². The van der Waals surface area contributed by atoms with Gasteiger partial charge in [-0.25, -0.2) is 4.99 Å². The molecule has 0 amide bonds. The van der Waals surface area contributed by atoms with E-state index >= 15 is 0 Å². The highest BCUT2D eigenvalue weighted by molar-refractivity contribution is 14.0. The number of unbranched alkanes of at least 4 members (excludes halogenated alkanes) is 1. The molecule has 1 saturated carbocycles. The van der Waals surface area contributed by atoms with E-state index in [1.807, 2.05) is 36.7 Å². The molecule has 7 nitrogen and oxygen atoms in total. The second kappa shape index (κ2) is 11.8. The Balaban J connectivity index is 0.00000341. The topological polar surface area (TPSA) is 76.4 Å². The summed E-state index contributed by atoms with van der Waals surface area (Å²) >= 11 is 0. The molecule has 1 aliphatic carbocycles. The number of aryl methyl sites for hydroxylation is 1. The normalized spacial score (nSPS) is 20.0. The third-order valence-electron chi connectivity index (χ3n) is 6.16. The molecule has 31 heavy (non-hydrogen) atoms. The van der Waals surface area contributed by atoms with Gasteiger partial charge in [0.05, 0.1) is 19.2 Å². The quantitative estimate of drug-likeness (QED) is 0.218. The number of rotatable bonds is 9. The molecule has 0 aliphatic heterocycles. The Morgan fingerprint density at radius 1 is 1.26 bits per heavy atom. The molecule has 1 aromatic carbocycles. The third kappa shape index (κ3) is 6.65. The van der Waals surface area contributed by atoms with Crippen LogP contribution >= 0.6 is 24.0 Å². The third-order valence-corrected chi connectivity index (χ3v) is 6.16. The van der Waals surface area contributed by atoms with Gasteiger partial charge >= 0.3 is 0 Å². The Morgan fingerprint density at radius 3 is 2.61 bits per heavy atom. The average Bonchev–Trinajstić information content (AvgIpc) is 3.06. The second-order valence-electron chi connectivity index (χ2n) is 8.69. The van der Waals surface area contributed by atoms with E-state index in [0.717, 1.165) is 43.5 Å². The van der Waals surface area contributed by atoms with Gasteiger partial charge in [0.2, 0.25) is 0 Å². The predicted molar refractivity (Wildman–Crippen MR) is 136 cm³/mol. The maximum atomic E-state index is 6.10. The maximum absolute atomic E-state index is 6.10. The van der Waals surface area contributed by atoms with Crippen LogP contribution in [-0.2, 0) is 24.9 Å².